The fourth-order valence-electron chi connectivity index (χ4n) is 2.48. The van der Waals surface area contributed by atoms with Crippen molar-refractivity contribution in [1.82, 2.24) is 10.0 Å². The van der Waals surface area contributed by atoms with Crippen molar-refractivity contribution in [3.63, 3.8) is 0 Å². The molecule has 1 aliphatic rings. The van der Waals surface area contributed by atoms with Crippen LogP contribution in [0.15, 0.2) is 0 Å². The van der Waals surface area contributed by atoms with E-state index in [-0.39, 0.29) is 5.25 Å². The van der Waals surface area contributed by atoms with E-state index in [0.29, 0.717) is 24.9 Å². The van der Waals surface area contributed by atoms with Gasteiger partial charge in [-0.3, -0.25) is 0 Å². The Morgan fingerprint density at radius 2 is 2.06 bits per heavy atom. The highest BCUT2D eigenvalue weighted by Crippen LogP contribution is 2.30. The third-order valence-electron chi connectivity index (χ3n) is 3.97. The first-order chi connectivity index (χ1) is 8.47. The van der Waals surface area contributed by atoms with E-state index >= 15 is 0 Å². The zero-order valence-corrected chi connectivity index (χ0v) is 12.7. The van der Waals surface area contributed by atoms with E-state index in [1.165, 1.54) is 12.8 Å². The van der Waals surface area contributed by atoms with Crippen molar-refractivity contribution < 1.29 is 8.42 Å². The Morgan fingerprint density at radius 1 is 1.33 bits per heavy atom. The lowest BCUT2D eigenvalue weighted by molar-refractivity contribution is 0.413. The minimum atomic E-state index is -3.16. The Labute approximate surface area is 112 Å². The molecule has 1 aliphatic carbocycles. The highest BCUT2D eigenvalue weighted by molar-refractivity contribution is 7.90. The minimum Gasteiger partial charge on any atom is -0.315 e. The molecule has 0 bridgehead atoms. The molecule has 5 heteroatoms. The van der Waals surface area contributed by atoms with Crippen LogP contribution < -0.4 is 10.0 Å². The third-order valence-corrected chi connectivity index (χ3v) is 5.77. The van der Waals surface area contributed by atoms with E-state index in [1.54, 1.807) is 6.92 Å². The summed E-state index contributed by atoms with van der Waals surface area (Å²) in [5, 5.41) is 2.80. The lowest BCUT2D eigenvalue weighted by Crippen LogP contribution is -2.41. The predicted molar refractivity (Wildman–Crippen MR) is 76.1 cm³/mol. The van der Waals surface area contributed by atoms with Gasteiger partial charge in [-0.15, -0.1) is 0 Å². The Hall–Kier alpha value is -0.130. The summed E-state index contributed by atoms with van der Waals surface area (Å²) in [5.74, 6) is 1.18. The molecular formula is C13H28N2O2S. The molecular weight excluding hydrogens is 248 g/mol. The molecule has 18 heavy (non-hydrogen) atoms. The van der Waals surface area contributed by atoms with Gasteiger partial charge in [-0.1, -0.05) is 26.7 Å². The van der Waals surface area contributed by atoms with Crippen LogP contribution in [0.3, 0.4) is 0 Å². The molecule has 2 N–H and O–H groups in total. The first-order valence-electron chi connectivity index (χ1n) is 7.16. The summed E-state index contributed by atoms with van der Waals surface area (Å²) in [4.78, 5) is 0. The van der Waals surface area contributed by atoms with Crippen molar-refractivity contribution in [3.05, 3.63) is 0 Å². The van der Waals surface area contributed by atoms with Gasteiger partial charge < -0.3 is 5.32 Å². The van der Waals surface area contributed by atoms with Crippen LogP contribution in [0.2, 0.25) is 0 Å². The Morgan fingerprint density at radius 3 is 2.61 bits per heavy atom. The van der Waals surface area contributed by atoms with Gasteiger partial charge in [0.15, 0.2) is 0 Å². The van der Waals surface area contributed by atoms with Gasteiger partial charge in [0.1, 0.15) is 0 Å². The average molecular weight is 276 g/mol. The molecule has 4 nitrogen and oxygen atoms in total. The van der Waals surface area contributed by atoms with Gasteiger partial charge >= 0.3 is 0 Å². The summed E-state index contributed by atoms with van der Waals surface area (Å²) in [5.41, 5.74) is 0. The van der Waals surface area contributed by atoms with Crippen molar-refractivity contribution >= 4 is 10.0 Å². The van der Waals surface area contributed by atoms with Crippen molar-refractivity contribution in [3.8, 4) is 0 Å². The topological polar surface area (TPSA) is 58.2 Å². The molecule has 108 valence electrons. The number of hydrogen-bond acceptors (Lipinski definition) is 3. The van der Waals surface area contributed by atoms with E-state index in [1.807, 2.05) is 0 Å². The number of hydrogen-bond donors (Lipinski definition) is 2. The summed E-state index contributed by atoms with van der Waals surface area (Å²) in [6.45, 7) is 8.08. The van der Waals surface area contributed by atoms with E-state index < -0.39 is 10.0 Å². The van der Waals surface area contributed by atoms with E-state index in [4.69, 9.17) is 0 Å². The number of nitrogens with one attached hydrogen (secondary N) is 2. The second-order valence-electron chi connectivity index (χ2n) is 5.58. The smallest absolute Gasteiger partial charge is 0.215 e. The molecule has 0 amide bonds. The van der Waals surface area contributed by atoms with Gasteiger partial charge in [0.2, 0.25) is 10.0 Å². The molecule has 0 spiro atoms. The van der Waals surface area contributed by atoms with Gasteiger partial charge in [0.05, 0.1) is 5.25 Å². The van der Waals surface area contributed by atoms with Gasteiger partial charge in [-0.2, -0.15) is 0 Å². The van der Waals surface area contributed by atoms with Crippen LogP contribution in [0.25, 0.3) is 0 Å². The maximum atomic E-state index is 12.0. The van der Waals surface area contributed by atoms with E-state index in [2.05, 4.69) is 23.9 Å². The van der Waals surface area contributed by atoms with Crippen molar-refractivity contribution in [2.24, 2.45) is 11.8 Å². The van der Waals surface area contributed by atoms with Crippen LogP contribution in [0.1, 0.15) is 46.5 Å². The number of sulfonamides is 1. The molecule has 0 aromatic rings. The maximum absolute atomic E-state index is 12.0. The van der Waals surface area contributed by atoms with Crippen molar-refractivity contribution in [2.45, 2.75) is 51.7 Å². The van der Waals surface area contributed by atoms with Gasteiger partial charge in [0.25, 0.3) is 0 Å². The van der Waals surface area contributed by atoms with Crippen molar-refractivity contribution in [2.75, 3.05) is 19.6 Å². The quantitative estimate of drug-likeness (QED) is 0.664. The Bertz CT molecular complexity index is 330. The summed E-state index contributed by atoms with van der Waals surface area (Å²) < 4.78 is 26.9. The standard InChI is InChI=1S/C13H28N2O2S/c1-4-8-14-9-12(3)18(16,17)15-10-13-7-5-6-11(13)2/h11-15H,4-10H2,1-3H3. The van der Waals surface area contributed by atoms with Gasteiger partial charge in [0, 0.05) is 13.1 Å². The second kappa shape index (κ2) is 7.46. The lowest BCUT2D eigenvalue weighted by atomic mass is 9.99. The third kappa shape index (κ3) is 4.86. The summed E-state index contributed by atoms with van der Waals surface area (Å²) in [7, 11) is -3.16. The average Bonchev–Trinajstić information content (AvgIpc) is 2.72. The van der Waals surface area contributed by atoms with Crippen LogP contribution in [-0.4, -0.2) is 33.3 Å². The molecule has 3 atom stereocenters. The lowest BCUT2D eigenvalue weighted by Gasteiger charge is -2.19. The molecule has 0 aromatic heterocycles. The molecule has 0 radical (unpaired) electrons. The van der Waals surface area contributed by atoms with E-state index in [9.17, 15) is 8.42 Å². The van der Waals surface area contributed by atoms with Gasteiger partial charge in [-0.25, -0.2) is 13.1 Å². The molecule has 0 saturated heterocycles. The molecule has 1 saturated carbocycles. The first kappa shape index (κ1) is 15.9. The van der Waals surface area contributed by atoms with Crippen LogP contribution in [-0.2, 0) is 10.0 Å². The predicted octanol–water partition coefficient (Wildman–Crippen LogP) is 1.73. The normalized spacial score (nSPS) is 26.4. The van der Waals surface area contributed by atoms with Crippen LogP contribution in [0.4, 0.5) is 0 Å². The maximum Gasteiger partial charge on any atom is 0.215 e. The highest BCUT2D eigenvalue weighted by Gasteiger charge is 2.26. The zero-order chi connectivity index (χ0) is 13.6. The Kier molecular flexibility index (Phi) is 6.60. The molecule has 0 heterocycles. The summed E-state index contributed by atoms with van der Waals surface area (Å²) in [6, 6.07) is 0. The summed E-state index contributed by atoms with van der Waals surface area (Å²) in [6.07, 6.45) is 4.66. The molecule has 0 aliphatic heterocycles. The van der Waals surface area contributed by atoms with Crippen LogP contribution >= 0.6 is 0 Å². The monoisotopic (exact) mass is 276 g/mol. The SMILES string of the molecule is CCCNCC(C)S(=O)(=O)NCC1CCCC1C. The Balaban J connectivity index is 2.34. The first-order valence-corrected chi connectivity index (χ1v) is 8.71. The number of rotatable bonds is 8. The zero-order valence-electron chi connectivity index (χ0n) is 11.9. The molecule has 1 fully saturated rings. The minimum absolute atomic E-state index is 0.360. The highest BCUT2D eigenvalue weighted by atomic mass is 32.2. The van der Waals surface area contributed by atoms with Crippen molar-refractivity contribution in [1.29, 1.82) is 0 Å². The van der Waals surface area contributed by atoms with Gasteiger partial charge in [-0.05, 0) is 38.1 Å². The second-order valence-corrected chi connectivity index (χ2v) is 7.76. The molecule has 1 rings (SSSR count). The molecule has 3 unspecified atom stereocenters. The fraction of sp³-hybridized carbons (Fsp3) is 1.00. The summed E-state index contributed by atoms with van der Waals surface area (Å²) >= 11 is 0. The van der Waals surface area contributed by atoms with E-state index in [0.717, 1.165) is 19.4 Å². The fourth-order valence-corrected chi connectivity index (χ4v) is 3.55. The van der Waals surface area contributed by atoms with Crippen LogP contribution in [0, 0.1) is 11.8 Å². The largest absolute Gasteiger partial charge is 0.315 e. The van der Waals surface area contributed by atoms with Crippen LogP contribution in [0.5, 0.6) is 0 Å². The molecule has 0 aromatic carbocycles.